The minimum atomic E-state index is -1.92. The third-order valence-corrected chi connectivity index (χ3v) is 10.2. The minimum Gasteiger partial charge on any atom is -0.394 e. The molecule has 0 spiro atoms. The molecule has 0 bridgehead atoms. The number of guanidine groups is 1. The standard InChI is InChI=1S/C38H59ClN10O12/c39-33-35(41)47-34(40)28(46-33)37(61)48-38(43)45-9-2-1-4-19-5-7-22-13-20(6-8-21(22)12-19)14-23(36(42)60)44-10-3-11-49(15-24(52)29(56)31(58)26(54)17-50)16-25(53)30(57)32(59)27(55)18-51/h5-8,12-13,23-27,29-32,44,50-59H,1-4,9-11,14-18H2,(H2,42,60)(H4,40,41,47)(H3,43,45,48,61)/t23?,24-,25-,26+,27+,29+,30+,31+,32+/m0/s1. The number of aliphatic hydroxyl groups is 10. The maximum absolute atomic E-state index is 12.4. The number of primary amides is 1. The van der Waals surface area contributed by atoms with Crippen molar-refractivity contribution in [1.82, 2.24) is 30.8 Å². The van der Waals surface area contributed by atoms with Crippen LogP contribution in [-0.4, -0.2) is 185 Å². The van der Waals surface area contributed by atoms with Crippen molar-refractivity contribution in [2.45, 2.75) is 87.0 Å². The number of carbonyl (C=O) groups is 2. The Kier molecular flexibility index (Phi) is 20.8. The molecule has 22 nitrogen and oxygen atoms in total. The molecule has 3 aromatic rings. The van der Waals surface area contributed by atoms with Crippen LogP contribution >= 0.6 is 11.6 Å². The molecular formula is C38H59ClN10O12. The predicted molar refractivity (Wildman–Crippen MR) is 224 cm³/mol. The monoisotopic (exact) mass is 882 g/mol. The summed E-state index contributed by atoms with van der Waals surface area (Å²) in [5.74, 6) is -1.94. The number of nitrogens with zero attached hydrogens (tertiary/aromatic N) is 3. The molecule has 20 N–H and O–H groups in total. The molecular weight excluding hydrogens is 824 g/mol. The van der Waals surface area contributed by atoms with E-state index < -0.39 is 93.0 Å². The number of hydrogen-bond donors (Lipinski definition) is 17. The van der Waals surface area contributed by atoms with Crippen molar-refractivity contribution in [3.8, 4) is 0 Å². The van der Waals surface area contributed by atoms with Crippen LogP contribution in [-0.2, 0) is 17.6 Å². The molecule has 61 heavy (non-hydrogen) atoms. The summed E-state index contributed by atoms with van der Waals surface area (Å²) in [5.41, 5.74) is 18.6. The number of fused-ring (bicyclic) bond motifs is 1. The number of aryl methyl sites for hydroxylation is 1. The van der Waals surface area contributed by atoms with Crippen molar-refractivity contribution in [3.05, 3.63) is 58.4 Å². The number of hydrogen-bond acceptors (Lipinski definition) is 19. The van der Waals surface area contributed by atoms with Crippen molar-refractivity contribution in [2.75, 3.05) is 57.4 Å². The SMILES string of the molecule is N=C(NCCCCc1ccc2cc(CC(NCCCN(C[C@H](O)[C@@H](O)[C@H](O)[C@H](O)CO)C[C@H](O)[C@@H](O)[C@H](O)[C@H](O)CO)C(N)=O)ccc2c1)NC(=O)c1nc(Cl)c(N)nc1N. The molecule has 0 fully saturated rings. The van der Waals surface area contributed by atoms with Crippen molar-refractivity contribution in [2.24, 2.45) is 5.73 Å². The second-order valence-corrected chi connectivity index (χ2v) is 15.0. The fraction of sp³-hybridized carbons (Fsp3) is 0.553. The number of nitrogen functional groups attached to an aromatic ring is 2. The van der Waals surface area contributed by atoms with Crippen LogP contribution in [0.2, 0.25) is 5.15 Å². The number of aromatic nitrogens is 2. The number of benzene rings is 2. The van der Waals surface area contributed by atoms with E-state index in [1.54, 1.807) is 0 Å². The summed E-state index contributed by atoms with van der Waals surface area (Å²) >= 11 is 5.82. The van der Waals surface area contributed by atoms with E-state index in [1.165, 1.54) is 4.90 Å². The van der Waals surface area contributed by atoms with Crippen molar-refractivity contribution < 1.29 is 60.7 Å². The van der Waals surface area contributed by atoms with Crippen molar-refractivity contribution in [3.63, 3.8) is 0 Å². The van der Waals surface area contributed by atoms with E-state index in [-0.39, 0.29) is 54.4 Å². The Hall–Kier alpha value is -4.40. The van der Waals surface area contributed by atoms with E-state index in [1.807, 2.05) is 30.3 Å². The Bertz CT molecular complexity index is 1860. The lowest BCUT2D eigenvalue weighted by Gasteiger charge is -2.33. The Morgan fingerprint density at radius 2 is 1.28 bits per heavy atom. The van der Waals surface area contributed by atoms with E-state index >= 15 is 0 Å². The molecule has 1 aromatic heterocycles. The van der Waals surface area contributed by atoms with E-state index in [9.17, 15) is 50.4 Å². The lowest BCUT2D eigenvalue weighted by molar-refractivity contribution is -0.130. The first-order valence-corrected chi connectivity index (χ1v) is 19.9. The van der Waals surface area contributed by atoms with Crippen molar-refractivity contribution >= 4 is 51.8 Å². The van der Waals surface area contributed by atoms with Gasteiger partial charge in [0.15, 0.2) is 28.4 Å². The third kappa shape index (κ3) is 15.8. The van der Waals surface area contributed by atoms with Crippen LogP contribution in [0.5, 0.6) is 0 Å². The highest BCUT2D eigenvalue weighted by molar-refractivity contribution is 6.31. The maximum Gasteiger partial charge on any atom is 0.280 e. The summed E-state index contributed by atoms with van der Waals surface area (Å²) < 4.78 is 0. The molecule has 340 valence electrons. The van der Waals surface area contributed by atoms with Crippen LogP contribution in [0.3, 0.4) is 0 Å². The number of rotatable bonds is 26. The highest BCUT2D eigenvalue weighted by atomic mass is 35.5. The largest absolute Gasteiger partial charge is 0.394 e. The first kappa shape index (κ1) is 51.0. The van der Waals surface area contributed by atoms with Crippen LogP contribution in [0.1, 0.15) is 40.9 Å². The first-order valence-electron chi connectivity index (χ1n) is 19.5. The van der Waals surface area contributed by atoms with Gasteiger partial charge in [0.25, 0.3) is 5.91 Å². The number of nitrogens with two attached hydrogens (primary N) is 3. The number of carbonyl (C=O) groups excluding carboxylic acids is 2. The second-order valence-electron chi connectivity index (χ2n) is 14.7. The molecule has 2 aromatic carbocycles. The summed E-state index contributed by atoms with van der Waals surface area (Å²) in [4.78, 5) is 33.8. The van der Waals surface area contributed by atoms with Crippen LogP contribution in [0, 0.1) is 5.41 Å². The van der Waals surface area contributed by atoms with Gasteiger partial charge in [-0.3, -0.25) is 25.2 Å². The Balaban J connectivity index is 1.52. The van der Waals surface area contributed by atoms with Gasteiger partial charge in [-0.25, -0.2) is 9.97 Å². The van der Waals surface area contributed by atoms with Gasteiger partial charge in [0.05, 0.1) is 31.5 Å². The van der Waals surface area contributed by atoms with Gasteiger partial charge >= 0.3 is 0 Å². The molecule has 9 atom stereocenters. The maximum atomic E-state index is 12.4. The number of nitrogens with one attached hydrogen (secondary N) is 4. The molecule has 1 unspecified atom stereocenters. The van der Waals surface area contributed by atoms with Crippen LogP contribution in [0.15, 0.2) is 36.4 Å². The number of halogens is 1. The normalized spacial score (nSPS) is 16.3. The summed E-state index contributed by atoms with van der Waals surface area (Å²) in [6.45, 7) is -1.94. The Morgan fingerprint density at radius 3 is 1.84 bits per heavy atom. The lowest BCUT2D eigenvalue weighted by Crippen LogP contribution is -2.53. The Morgan fingerprint density at radius 1 is 0.738 bits per heavy atom. The van der Waals surface area contributed by atoms with E-state index in [0.29, 0.717) is 13.0 Å². The molecule has 23 heteroatoms. The van der Waals surface area contributed by atoms with Gasteiger partial charge in [-0.1, -0.05) is 48.0 Å². The summed E-state index contributed by atoms with van der Waals surface area (Å²) in [5, 5.41) is 117. The zero-order valence-electron chi connectivity index (χ0n) is 33.4. The topological polar surface area (TPSA) is 403 Å². The molecule has 1 heterocycles. The summed E-state index contributed by atoms with van der Waals surface area (Å²) in [6, 6.07) is 11.0. The molecule has 0 aliphatic heterocycles. The zero-order valence-corrected chi connectivity index (χ0v) is 34.1. The summed E-state index contributed by atoms with van der Waals surface area (Å²) in [7, 11) is 0. The van der Waals surface area contributed by atoms with Crippen LogP contribution in [0.25, 0.3) is 10.8 Å². The first-order chi connectivity index (χ1) is 28.9. The van der Waals surface area contributed by atoms with Crippen LogP contribution < -0.4 is 33.2 Å². The van der Waals surface area contributed by atoms with Gasteiger partial charge < -0.3 is 78.9 Å². The minimum absolute atomic E-state index is 0.0629. The average molecular weight is 883 g/mol. The fourth-order valence-electron chi connectivity index (χ4n) is 6.34. The zero-order chi connectivity index (χ0) is 45.4. The molecule has 0 saturated heterocycles. The molecule has 2 amide bonds. The average Bonchev–Trinajstić information content (AvgIpc) is 3.23. The highest BCUT2D eigenvalue weighted by Gasteiger charge is 2.34. The van der Waals surface area contributed by atoms with Gasteiger partial charge in [-0.2, -0.15) is 0 Å². The molecule has 3 rings (SSSR count). The Labute approximate surface area is 356 Å². The van der Waals surface area contributed by atoms with Gasteiger partial charge in [0, 0.05) is 19.6 Å². The van der Waals surface area contributed by atoms with Gasteiger partial charge in [0.1, 0.15) is 36.6 Å². The molecule has 0 aliphatic rings. The number of amides is 2. The van der Waals surface area contributed by atoms with E-state index in [2.05, 4.69) is 32.0 Å². The smallest absolute Gasteiger partial charge is 0.280 e. The number of anilines is 2. The number of aliphatic hydroxyl groups excluding tert-OH is 10. The molecule has 0 saturated carbocycles. The second kappa shape index (κ2) is 24.9. The molecule has 0 aliphatic carbocycles. The number of unbranched alkanes of at least 4 members (excludes halogenated alkanes) is 1. The third-order valence-electron chi connectivity index (χ3n) is 9.89. The van der Waals surface area contributed by atoms with Gasteiger partial charge in [-0.15, -0.1) is 0 Å². The van der Waals surface area contributed by atoms with Crippen molar-refractivity contribution in [1.29, 1.82) is 5.41 Å². The quantitative estimate of drug-likeness (QED) is 0.0204. The predicted octanol–water partition coefficient (Wildman–Crippen LogP) is -4.73. The van der Waals surface area contributed by atoms with Gasteiger partial charge in [-0.05, 0) is 67.1 Å². The lowest BCUT2D eigenvalue weighted by atomic mass is 9.98. The highest BCUT2D eigenvalue weighted by Crippen LogP contribution is 2.21. The summed E-state index contributed by atoms with van der Waals surface area (Å²) in [6.07, 6.45) is -11.8. The van der Waals surface area contributed by atoms with Gasteiger partial charge in [0.2, 0.25) is 5.91 Å². The fourth-order valence-corrected chi connectivity index (χ4v) is 6.46. The van der Waals surface area contributed by atoms with E-state index in [0.717, 1.165) is 34.7 Å². The van der Waals surface area contributed by atoms with Crippen LogP contribution in [0.4, 0.5) is 11.6 Å². The molecule has 0 radical (unpaired) electrons. The van der Waals surface area contributed by atoms with E-state index in [4.69, 9.17) is 44.4 Å².